The standard InChI is InChI=1S/C22H23ClFN3O3/c23-15-8-9-17(16(24)12-15)25-21(28)14-27-13-20(22(29)26-10-4-1-5-11-26)30-19-7-3-2-6-18(19)27/h2-3,6-9,12,20H,1,4-5,10-11,13-14H2,(H,25,28)/t20-/m1/s1. The van der Waals surface area contributed by atoms with Crippen molar-refractivity contribution in [3.05, 3.63) is 53.3 Å². The highest BCUT2D eigenvalue weighted by Crippen LogP contribution is 2.33. The Balaban J connectivity index is 1.49. The van der Waals surface area contributed by atoms with Gasteiger partial charge in [-0.25, -0.2) is 4.39 Å². The molecule has 0 saturated carbocycles. The summed E-state index contributed by atoms with van der Waals surface area (Å²) in [5.74, 6) is -0.489. The number of halogens is 2. The Kier molecular flexibility index (Phi) is 6.08. The van der Waals surface area contributed by atoms with Gasteiger partial charge in [-0.2, -0.15) is 0 Å². The van der Waals surface area contributed by atoms with Crippen molar-refractivity contribution in [1.29, 1.82) is 0 Å². The van der Waals surface area contributed by atoms with Crippen LogP contribution in [-0.2, 0) is 9.59 Å². The number of amides is 2. The Morgan fingerprint density at radius 3 is 2.67 bits per heavy atom. The number of nitrogens with zero attached hydrogens (tertiary/aromatic N) is 2. The normalized spacial score (nSPS) is 18.4. The molecule has 0 bridgehead atoms. The molecule has 2 aliphatic rings. The molecule has 0 spiro atoms. The van der Waals surface area contributed by atoms with Gasteiger partial charge in [0, 0.05) is 18.1 Å². The average molecular weight is 432 g/mol. The average Bonchev–Trinajstić information content (AvgIpc) is 2.75. The molecule has 2 amide bonds. The summed E-state index contributed by atoms with van der Waals surface area (Å²) in [6.07, 6.45) is 2.44. The molecule has 2 aromatic carbocycles. The first kappa shape index (κ1) is 20.5. The summed E-state index contributed by atoms with van der Waals surface area (Å²) in [5, 5.41) is 2.83. The second kappa shape index (κ2) is 8.92. The van der Waals surface area contributed by atoms with E-state index in [1.165, 1.54) is 12.1 Å². The van der Waals surface area contributed by atoms with E-state index in [2.05, 4.69) is 5.32 Å². The zero-order chi connectivity index (χ0) is 21.1. The molecule has 1 N–H and O–H groups in total. The molecular formula is C22H23ClFN3O3. The molecule has 2 heterocycles. The molecule has 0 aromatic heterocycles. The number of rotatable bonds is 4. The maximum atomic E-state index is 14.0. The summed E-state index contributed by atoms with van der Waals surface area (Å²) in [5.41, 5.74) is 0.791. The highest BCUT2D eigenvalue weighted by atomic mass is 35.5. The molecule has 0 unspecified atom stereocenters. The van der Waals surface area contributed by atoms with Gasteiger partial charge in [0.1, 0.15) is 11.6 Å². The third-order valence-corrected chi connectivity index (χ3v) is 5.58. The monoisotopic (exact) mass is 431 g/mol. The van der Waals surface area contributed by atoms with Crippen LogP contribution in [0.5, 0.6) is 5.75 Å². The fraction of sp³-hybridized carbons (Fsp3) is 0.364. The fourth-order valence-electron chi connectivity index (χ4n) is 3.86. The summed E-state index contributed by atoms with van der Waals surface area (Å²) in [7, 11) is 0. The molecule has 1 saturated heterocycles. The smallest absolute Gasteiger partial charge is 0.265 e. The highest BCUT2D eigenvalue weighted by molar-refractivity contribution is 6.30. The second-order valence-corrected chi connectivity index (χ2v) is 7.95. The number of benzene rings is 2. The van der Waals surface area contributed by atoms with Crippen molar-refractivity contribution < 1.29 is 18.7 Å². The Hall–Kier alpha value is -2.80. The van der Waals surface area contributed by atoms with E-state index < -0.39 is 17.8 Å². The van der Waals surface area contributed by atoms with Gasteiger partial charge in [0.25, 0.3) is 5.91 Å². The molecule has 158 valence electrons. The van der Waals surface area contributed by atoms with Gasteiger partial charge in [-0.3, -0.25) is 9.59 Å². The van der Waals surface area contributed by atoms with Crippen LogP contribution in [0.1, 0.15) is 19.3 Å². The molecule has 0 radical (unpaired) electrons. The van der Waals surface area contributed by atoms with Gasteiger partial charge in [0.2, 0.25) is 5.91 Å². The van der Waals surface area contributed by atoms with Gasteiger partial charge in [0.15, 0.2) is 6.10 Å². The molecule has 30 heavy (non-hydrogen) atoms. The molecule has 2 aliphatic heterocycles. The van der Waals surface area contributed by atoms with Crippen molar-refractivity contribution >= 4 is 34.8 Å². The molecule has 0 aliphatic carbocycles. The van der Waals surface area contributed by atoms with Gasteiger partial charge in [-0.15, -0.1) is 0 Å². The molecule has 1 atom stereocenters. The van der Waals surface area contributed by atoms with Crippen molar-refractivity contribution in [2.45, 2.75) is 25.4 Å². The number of nitrogens with one attached hydrogen (secondary N) is 1. The van der Waals surface area contributed by atoms with E-state index in [-0.39, 0.29) is 29.7 Å². The summed E-state index contributed by atoms with van der Waals surface area (Å²) in [6, 6.07) is 11.4. The zero-order valence-corrected chi connectivity index (χ0v) is 17.2. The number of hydrogen-bond donors (Lipinski definition) is 1. The van der Waals surface area contributed by atoms with E-state index in [1.54, 1.807) is 11.0 Å². The number of carbonyl (C=O) groups excluding carboxylic acids is 2. The first-order chi connectivity index (χ1) is 14.5. The maximum Gasteiger partial charge on any atom is 0.265 e. The van der Waals surface area contributed by atoms with Crippen LogP contribution < -0.4 is 15.0 Å². The third kappa shape index (κ3) is 4.51. The molecule has 2 aromatic rings. The predicted molar refractivity (Wildman–Crippen MR) is 114 cm³/mol. The van der Waals surface area contributed by atoms with Crippen LogP contribution in [0.2, 0.25) is 5.02 Å². The van der Waals surface area contributed by atoms with Gasteiger partial charge < -0.3 is 19.9 Å². The fourth-order valence-corrected chi connectivity index (χ4v) is 4.02. The number of likely N-dealkylation sites (tertiary alicyclic amines) is 1. The Morgan fingerprint density at radius 2 is 1.90 bits per heavy atom. The quantitative estimate of drug-likeness (QED) is 0.801. The Morgan fingerprint density at radius 1 is 1.13 bits per heavy atom. The van der Waals surface area contributed by atoms with Crippen LogP contribution >= 0.6 is 11.6 Å². The van der Waals surface area contributed by atoms with Crippen molar-refractivity contribution in [3.8, 4) is 5.75 Å². The minimum Gasteiger partial charge on any atom is -0.477 e. The van der Waals surface area contributed by atoms with Gasteiger partial charge in [0.05, 0.1) is 24.5 Å². The van der Waals surface area contributed by atoms with Crippen LogP contribution in [0.15, 0.2) is 42.5 Å². The molecular weight excluding hydrogens is 409 g/mol. The highest BCUT2D eigenvalue weighted by Gasteiger charge is 2.34. The Bertz CT molecular complexity index is 949. The van der Waals surface area contributed by atoms with Crippen molar-refractivity contribution in [2.75, 3.05) is 36.4 Å². The third-order valence-electron chi connectivity index (χ3n) is 5.34. The number of fused-ring (bicyclic) bond motifs is 1. The van der Waals surface area contributed by atoms with Crippen LogP contribution in [-0.4, -0.2) is 49.0 Å². The minimum atomic E-state index is -0.682. The lowest BCUT2D eigenvalue weighted by molar-refractivity contribution is -0.139. The number of para-hydroxylation sites is 2. The molecule has 6 nitrogen and oxygen atoms in total. The minimum absolute atomic E-state index is 0.0355. The van der Waals surface area contributed by atoms with Gasteiger partial charge in [-0.05, 0) is 49.6 Å². The number of ether oxygens (including phenoxy) is 1. The van der Waals surface area contributed by atoms with E-state index in [1.807, 2.05) is 23.1 Å². The molecule has 8 heteroatoms. The van der Waals surface area contributed by atoms with Gasteiger partial charge >= 0.3 is 0 Å². The van der Waals surface area contributed by atoms with E-state index in [0.717, 1.165) is 44.1 Å². The Labute approximate surface area is 179 Å². The number of carbonyl (C=O) groups is 2. The lowest BCUT2D eigenvalue weighted by Gasteiger charge is -2.38. The van der Waals surface area contributed by atoms with E-state index in [4.69, 9.17) is 16.3 Å². The SMILES string of the molecule is O=C(CN1C[C@H](C(=O)N2CCCCC2)Oc2ccccc21)Nc1ccc(Cl)cc1F. The summed E-state index contributed by atoms with van der Waals surface area (Å²) in [6.45, 7) is 1.68. The van der Waals surface area contributed by atoms with E-state index in [9.17, 15) is 14.0 Å². The largest absolute Gasteiger partial charge is 0.477 e. The second-order valence-electron chi connectivity index (χ2n) is 7.51. The van der Waals surface area contributed by atoms with Crippen LogP contribution in [0, 0.1) is 5.82 Å². The summed E-state index contributed by atoms with van der Waals surface area (Å²) in [4.78, 5) is 29.2. The molecule has 4 rings (SSSR count). The van der Waals surface area contributed by atoms with Crippen molar-refractivity contribution in [2.24, 2.45) is 0 Å². The van der Waals surface area contributed by atoms with Crippen molar-refractivity contribution in [1.82, 2.24) is 4.90 Å². The maximum absolute atomic E-state index is 14.0. The number of piperidine rings is 1. The lowest BCUT2D eigenvalue weighted by Crippen LogP contribution is -2.52. The van der Waals surface area contributed by atoms with Crippen LogP contribution in [0.4, 0.5) is 15.8 Å². The molecule has 1 fully saturated rings. The van der Waals surface area contributed by atoms with Crippen LogP contribution in [0.3, 0.4) is 0 Å². The number of hydrogen-bond acceptors (Lipinski definition) is 4. The predicted octanol–water partition coefficient (Wildman–Crippen LogP) is 3.70. The summed E-state index contributed by atoms with van der Waals surface area (Å²) >= 11 is 5.76. The number of anilines is 2. The topological polar surface area (TPSA) is 61.9 Å². The van der Waals surface area contributed by atoms with E-state index >= 15 is 0 Å². The van der Waals surface area contributed by atoms with Crippen LogP contribution in [0.25, 0.3) is 0 Å². The van der Waals surface area contributed by atoms with Gasteiger partial charge in [-0.1, -0.05) is 23.7 Å². The summed E-state index contributed by atoms with van der Waals surface area (Å²) < 4.78 is 20.0. The lowest BCUT2D eigenvalue weighted by atomic mass is 10.1. The first-order valence-corrected chi connectivity index (χ1v) is 10.4. The first-order valence-electron chi connectivity index (χ1n) is 10.1. The van der Waals surface area contributed by atoms with E-state index in [0.29, 0.717) is 5.75 Å². The van der Waals surface area contributed by atoms with Crippen molar-refractivity contribution in [3.63, 3.8) is 0 Å². The zero-order valence-electron chi connectivity index (χ0n) is 16.4.